The standard InChI is InChI=1S/C12H11FN2O2/c13-10-3-1-9(2-4-10)12(16)14-6-5-11-7-17-8-15-11/h1-4,7-8H,5-6H2,(H,14,16). The van der Waals surface area contributed by atoms with Crippen LogP contribution in [0, 0.1) is 5.82 Å². The maximum Gasteiger partial charge on any atom is 0.251 e. The van der Waals surface area contributed by atoms with Gasteiger partial charge in [-0.2, -0.15) is 0 Å². The minimum absolute atomic E-state index is 0.228. The summed E-state index contributed by atoms with van der Waals surface area (Å²) in [5.41, 5.74) is 1.22. The van der Waals surface area contributed by atoms with E-state index in [0.29, 0.717) is 18.5 Å². The van der Waals surface area contributed by atoms with E-state index >= 15 is 0 Å². The monoisotopic (exact) mass is 234 g/mol. The fraction of sp³-hybridized carbons (Fsp3) is 0.167. The highest BCUT2D eigenvalue weighted by Crippen LogP contribution is 2.02. The minimum Gasteiger partial charge on any atom is -0.451 e. The first kappa shape index (κ1) is 11.3. The Bertz CT molecular complexity index is 480. The predicted molar refractivity (Wildman–Crippen MR) is 58.9 cm³/mol. The lowest BCUT2D eigenvalue weighted by Crippen LogP contribution is -2.25. The van der Waals surface area contributed by atoms with Gasteiger partial charge in [0.15, 0.2) is 6.39 Å². The summed E-state index contributed by atoms with van der Waals surface area (Å²) in [5, 5.41) is 2.71. The van der Waals surface area contributed by atoms with Crippen LogP contribution in [0.15, 0.2) is 41.3 Å². The molecule has 0 spiro atoms. The van der Waals surface area contributed by atoms with Crippen LogP contribution in [0.2, 0.25) is 0 Å². The normalized spacial score (nSPS) is 10.2. The molecule has 5 heteroatoms. The molecule has 1 heterocycles. The molecule has 1 amide bonds. The fourth-order valence-corrected chi connectivity index (χ4v) is 1.37. The second kappa shape index (κ2) is 5.25. The molecule has 0 aliphatic carbocycles. The van der Waals surface area contributed by atoms with Crippen molar-refractivity contribution in [3.63, 3.8) is 0 Å². The first-order valence-corrected chi connectivity index (χ1v) is 5.16. The molecule has 0 radical (unpaired) electrons. The molecule has 2 aromatic rings. The van der Waals surface area contributed by atoms with E-state index in [0.717, 1.165) is 5.69 Å². The van der Waals surface area contributed by atoms with E-state index in [1.165, 1.54) is 36.9 Å². The zero-order chi connectivity index (χ0) is 12.1. The van der Waals surface area contributed by atoms with Gasteiger partial charge in [0.25, 0.3) is 5.91 Å². The molecule has 0 aliphatic rings. The highest BCUT2D eigenvalue weighted by Gasteiger charge is 2.05. The Kier molecular flexibility index (Phi) is 3.49. The Labute approximate surface area is 97.5 Å². The number of nitrogens with one attached hydrogen (secondary N) is 1. The summed E-state index contributed by atoms with van der Waals surface area (Å²) in [6.45, 7) is 0.461. The van der Waals surface area contributed by atoms with Crippen LogP contribution in [0.4, 0.5) is 4.39 Å². The molecule has 2 rings (SSSR count). The zero-order valence-electron chi connectivity index (χ0n) is 9.02. The van der Waals surface area contributed by atoms with Crippen LogP contribution in [0.1, 0.15) is 16.1 Å². The molecule has 4 nitrogen and oxygen atoms in total. The molecule has 0 bridgehead atoms. The van der Waals surface area contributed by atoms with E-state index in [1.807, 2.05) is 0 Å². The van der Waals surface area contributed by atoms with E-state index in [2.05, 4.69) is 10.3 Å². The van der Waals surface area contributed by atoms with Gasteiger partial charge in [-0.05, 0) is 24.3 Å². The van der Waals surface area contributed by atoms with Crippen molar-refractivity contribution in [3.8, 4) is 0 Å². The molecule has 0 saturated heterocycles. The van der Waals surface area contributed by atoms with Crippen LogP contribution >= 0.6 is 0 Å². The lowest BCUT2D eigenvalue weighted by molar-refractivity contribution is 0.0954. The van der Waals surface area contributed by atoms with E-state index < -0.39 is 0 Å². The largest absolute Gasteiger partial charge is 0.451 e. The van der Waals surface area contributed by atoms with Crippen molar-refractivity contribution >= 4 is 5.91 Å². The first-order valence-electron chi connectivity index (χ1n) is 5.16. The fourth-order valence-electron chi connectivity index (χ4n) is 1.37. The number of halogens is 1. The zero-order valence-corrected chi connectivity index (χ0v) is 9.02. The highest BCUT2D eigenvalue weighted by atomic mass is 19.1. The summed E-state index contributed by atoms with van der Waals surface area (Å²) < 4.78 is 17.4. The van der Waals surface area contributed by atoms with Crippen LogP contribution in [-0.4, -0.2) is 17.4 Å². The second-order valence-electron chi connectivity index (χ2n) is 3.49. The number of nitrogens with zero attached hydrogens (tertiary/aromatic N) is 1. The number of oxazole rings is 1. The van der Waals surface area contributed by atoms with Crippen LogP contribution in [0.3, 0.4) is 0 Å². The van der Waals surface area contributed by atoms with Crippen molar-refractivity contribution in [2.45, 2.75) is 6.42 Å². The molecule has 1 N–H and O–H groups in total. The van der Waals surface area contributed by atoms with Gasteiger partial charge < -0.3 is 9.73 Å². The molecular weight excluding hydrogens is 223 g/mol. The Morgan fingerprint density at radius 1 is 1.35 bits per heavy atom. The highest BCUT2D eigenvalue weighted by molar-refractivity contribution is 5.94. The maximum atomic E-state index is 12.6. The summed E-state index contributed by atoms with van der Waals surface area (Å²) in [4.78, 5) is 15.5. The van der Waals surface area contributed by atoms with Gasteiger partial charge in [0.05, 0.1) is 5.69 Å². The van der Waals surface area contributed by atoms with Crippen molar-refractivity contribution in [1.82, 2.24) is 10.3 Å². The molecule has 0 aliphatic heterocycles. The summed E-state index contributed by atoms with van der Waals surface area (Å²) in [6, 6.07) is 5.40. The van der Waals surface area contributed by atoms with Gasteiger partial charge in [-0.15, -0.1) is 0 Å². The average molecular weight is 234 g/mol. The topological polar surface area (TPSA) is 55.1 Å². The van der Waals surface area contributed by atoms with E-state index in [1.54, 1.807) is 0 Å². The van der Waals surface area contributed by atoms with Crippen LogP contribution in [0.5, 0.6) is 0 Å². The van der Waals surface area contributed by atoms with E-state index in [-0.39, 0.29) is 11.7 Å². The molecule has 0 atom stereocenters. The first-order chi connectivity index (χ1) is 8.25. The predicted octanol–water partition coefficient (Wildman–Crippen LogP) is 1.79. The van der Waals surface area contributed by atoms with Crippen LogP contribution in [0.25, 0.3) is 0 Å². The Hall–Kier alpha value is -2.17. The van der Waals surface area contributed by atoms with Gasteiger partial charge in [0.1, 0.15) is 12.1 Å². The van der Waals surface area contributed by atoms with Crippen molar-refractivity contribution in [3.05, 3.63) is 54.0 Å². The Morgan fingerprint density at radius 3 is 2.76 bits per heavy atom. The molecule has 88 valence electrons. The number of amides is 1. The Balaban J connectivity index is 1.83. The summed E-state index contributed by atoms with van der Waals surface area (Å²) in [7, 11) is 0. The van der Waals surface area contributed by atoms with Gasteiger partial charge in [0, 0.05) is 18.5 Å². The number of aromatic nitrogens is 1. The maximum absolute atomic E-state index is 12.6. The molecule has 0 fully saturated rings. The SMILES string of the molecule is O=C(NCCc1cocn1)c1ccc(F)cc1. The van der Waals surface area contributed by atoms with Crippen molar-refractivity contribution < 1.29 is 13.6 Å². The van der Waals surface area contributed by atoms with Gasteiger partial charge in [-0.3, -0.25) is 4.79 Å². The summed E-state index contributed by atoms with van der Waals surface area (Å²) >= 11 is 0. The second-order valence-corrected chi connectivity index (χ2v) is 3.49. The third kappa shape index (κ3) is 3.14. The number of rotatable bonds is 4. The molecule has 1 aromatic heterocycles. The lowest BCUT2D eigenvalue weighted by atomic mass is 10.2. The molecule has 0 saturated carbocycles. The molecule has 17 heavy (non-hydrogen) atoms. The lowest BCUT2D eigenvalue weighted by Gasteiger charge is -2.03. The molecule has 0 unspecified atom stereocenters. The summed E-state index contributed by atoms with van der Waals surface area (Å²) in [6.07, 6.45) is 3.48. The number of hydrogen-bond donors (Lipinski definition) is 1. The van der Waals surface area contributed by atoms with E-state index in [9.17, 15) is 9.18 Å². The third-order valence-corrected chi connectivity index (χ3v) is 2.26. The number of hydrogen-bond acceptors (Lipinski definition) is 3. The average Bonchev–Trinajstić information content (AvgIpc) is 2.83. The number of carbonyl (C=O) groups is 1. The van der Waals surface area contributed by atoms with Crippen molar-refractivity contribution in [2.75, 3.05) is 6.54 Å². The van der Waals surface area contributed by atoms with Crippen LogP contribution in [-0.2, 0) is 6.42 Å². The molecular formula is C12H11FN2O2. The van der Waals surface area contributed by atoms with Crippen LogP contribution < -0.4 is 5.32 Å². The number of carbonyl (C=O) groups excluding carboxylic acids is 1. The van der Waals surface area contributed by atoms with Crippen molar-refractivity contribution in [1.29, 1.82) is 0 Å². The smallest absolute Gasteiger partial charge is 0.251 e. The van der Waals surface area contributed by atoms with E-state index in [4.69, 9.17) is 4.42 Å². The number of benzene rings is 1. The third-order valence-electron chi connectivity index (χ3n) is 2.26. The van der Waals surface area contributed by atoms with Gasteiger partial charge in [-0.25, -0.2) is 9.37 Å². The minimum atomic E-state index is -0.357. The summed E-state index contributed by atoms with van der Waals surface area (Å²) in [5.74, 6) is -0.586. The van der Waals surface area contributed by atoms with Gasteiger partial charge in [0.2, 0.25) is 0 Å². The van der Waals surface area contributed by atoms with Gasteiger partial charge >= 0.3 is 0 Å². The quantitative estimate of drug-likeness (QED) is 0.877. The molecule has 1 aromatic carbocycles. The van der Waals surface area contributed by atoms with Gasteiger partial charge in [-0.1, -0.05) is 0 Å². The Morgan fingerprint density at radius 2 is 2.12 bits per heavy atom. The van der Waals surface area contributed by atoms with Crippen molar-refractivity contribution in [2.24, 2.45) is 0 Å².